The van der Waals surface area contributed by atoms with Gasteiger partial charge in [0.15, 0.2) is 0 Å². The molecule has 4 N–H and O–H groups in total. The van der Waals surface area contributed by atoms with Crippen molar-refractivity contribution in [1.29, 1.82) is 0 Å². The molecule has 2 rings (SSSR count). The molecule has 0 aromatic carbocycles. The van der Waals surface area contributed by atoms with Gasteiger partial charge in [-0.05, 0) is 31.4 Å². The third kappa shape index (κ3) is 5.81. The minimum atomic E-state index is -1.27. The fraction of sp³-hybridized carbons (Fsp3) is 0.471. The summed E-state index contributed by atoms with van der Waals surface area (Å²) in [5, 5.41) is 16.6. The van der Waals surface area contributed by atoms with Gasteiger partial charge in [0.25, 0.3) is 0 Å². The van der Waals surface area contributed by atoms with Crippen molar-refractivity contribution in [2.24, 2.45) is 5.92 Å². The van der Waals surface area contributed by atoms with Crippen molar-refractivity contribution in [2.75, 3.05) is 19.4 Å². The predicted molar refractivity (Wildman–Crippen MR) is 101 cm³/mol. The molecule has 0 unspecified atom stereocenters. The van der Waals surface area contributed by atoms with E-state index in [1.807, 2.05) is 0 Å². The Morgan fingerprint density at radius 3 is 2.39 bits per heavy atom. The van der Waals surface area contributed by atoms with Gasteiger partial charge in [-0.1, -0.05) is 11.6 Å². The van der Waals surface area contributed by atoms with Crippen LogP contribution in [-0.2, 0) is 14.4 Å². The molecular weight excluding hydrogens is 390 g/mol. The lowest BCUT2D eigenvalue weighted by molar-refractivity contribution is -0.137. The molecule has 0 aliphatic heterocycles. The molecule has 1 aromatic rings. The van der Waals surface area contributed by atoms with Gasteiger partial charge in [0.05, 0.1) is 11.1 Å². The molecule has 0 radical (unpaired) electrons. The highest BCUT2D eigenvalue weighted by Gasteiger charge is 2.37. The molecule has 11 heteroatoms. The second kappa shape index (κ2) is 9.36. The molecule has 1 aliphatic carbocycles. The van der Waals surface area contributed by atoms with E-state index in [2.05, 4.69) is 20.9 Å². The maximum Gasteiger partial charge on any atom is 0.404 e. The summed E-state index contributed by atoms with van der Waals surface area (Å²) in [6.07, 6.45) is 1.12. The van der Waals surface area contributed by atoms with E-state index in [9.17, 15) is 19.2 Å². The SMILES string of the molecule is CN(C)C(=O)[C@H]1CC[C@@H](NC(=O)C(=O)Nc2ccc(Cl)cn2)[C@H](NC(=O)O)C1. The van der Waals surface area contributed by atoms with E-state index in [1.165, 1.54) is 23.2 Å². The first-order valence-electron chi connectivity index (χ1n) is 8.61. The van der Waals surface area contributed by atoms with E-state index in [4.69, 9.17) is 16.7 Å². The van der Waals surface area contributed by atoms with Crippen molar-refractivity contribution >= 4 is 41.2 Å². The Bertz CT molecular complexity index is 755. The number of pyridine rings is 1. The zero-order valence-corrected chi connectivity index (χ0v) is 16.2. The number of hydrogen-bond acceptors (Lipinski definition) is 5. The number of rotatable bonds is 4. The normalized spacial score (nSPS) is 21.3. The summed E-state index contributed by atoms with van der Waals surface area (Å²) in [6, 6.07) is 1.66. The van der Waals surface area contributed by atoms with Crippen molar-refractivity contribution in [3.8, 4) is 0 Å². The molecule has 1 heterocycles. The van der Waals surface area contributed by atoms with Crippen LogP contribution in [0.4, 0.5) is 10.6 Å². The minimum absolute atomic E-state index is 0.103. The highest BCUT2D eigenvalue weighted by Crippen LogP contribution is 2.26. The standard InChI is InChI=1S/C17H22ClN5O5/c1-23(2)16(26)9-3-5-11(12(7-9)21-17(27)28)20-14(24)15(25)22-13-6-4-10(18)8-19-13/h4,6,8-9,11-12,21H,3,5,7H2,1-2H3,(H,20,24)(H,27,28)(H,19,22,25)/t9-,11+,12+/m0/s1. The van der Waals surface area contributed by atoms with Gasteiger partial charge in [0.2, 0.25) is 5.91 Å². The molecule has 28 heavy (non-hydrogen) atoms. The fourth-order valence-electron chi connectivity index (χ4n) is 3.11. The maximum absolute atomic E-state index is 12.2. The maximum atomic E-state index is 12.2. The Kier molecular flexibility index (Phi) is 7.16. The van der Waals surface area contributed by atoms with Crippen LogP contribution < -0.4 is 16.0 Å². The van der Waals surface area contributed by atoms with Crippen LogP contribution in [0, 0.1) is 5.92 Å². The Morgan fingerprint density at radius 2 is 1.82 bits per heavy atom. The molecule has 4 amide bonds. The van der Waals surface area contributed by atoms with Crippen LogP contribution in [0.5, 0.6) is 0 Å². The Morgan fingerprint density at radius 1 is 1.11 bits per heavy atom. The van der Waals surface area contributed by atoms with E-state index in [0.29, 0.717) is 17.9 Å². The molecule has 10 nitrogen and oxygen atoms in total. The molecular formula is C17H22ClN5O5. The summed E-state index contributed by atoms with van der Waals surface area (Å²) < 4.78 is 0. The zero-order valence-electron chi connectivity index (χ0n) is 15.4. The van der Waals surface area contributed by atoms with Crippen LogP contribution in [0.2, 0.25) is 5.02 Å². The van der Waals surface area contributed by atoms with E-state index >= 15 is 0 Å². The van der Waals surface area contributed by atoms with Crippen molar-refractivity contribution in [3.63, 3.8) is 0 Å². The number of carbonyl (C=O) groups is 4. The third-order valence-electron chi connectivity index (χ3n) is 4.44. The van der Waals surface area contributed by atoms with Gasteiger partial charge in [-0.25, -0.2) is 9.78 Å². The number of carboxylic acid groups (broad SMARTS) is 1. The topological polar surface area (TPSA) is 141 Å². The monoisotopic (exact) mass is 411 g/mol. The van der Waals surface area contributed by atoms with Crippen molar-refractivity contribution in [3.05, 3.63) is 23.4 Å². The zero-order chi connectivity index (χ0) is 20.8. The first-order valence-corrected chi connectivity index (χ1v) is 8.99. The molecule has 1 aliphatic rings. The summed E-state index contributed by atoms with van der Waals surface area (Å²) >= 11 is 5.71. The van der Waals surface area contributed by atoms with Gasteiger partial charge >= 0.3 is 17.9 Å². The molecule has 0 bridgehead atoms. The van der Waals surface area contributed by atoms with Crippen LogP contribution in [0.15, 0.2) is 18.3 Å². The van der Waals surface area contributed by atoms with E-state index in [-0.39, 0.29) is 24.1 Å². The Balaban J connectivity index is 2.00. The average molecular weight is 412 g/mol. The summed E-state index contributed by atoms with van der Waals surface area (Å²) in [4.78, 5) is 52.9. The summed E-state index contributed by atoms with van der Waals surface area (Å²) in [5.74, 6) is -2.16. The quantitative estimate of drug-likeness (QED) is 0.537. The Hall–Kier alpha value is -2.88. The molecule has 0 saturated heterocycles. The molecule has 0 spiro atoms. The fourth-order valence-corrected chi connectivity index (χ4v) is 3.22. The van der Waals surface area contributed by atoms with Gasteiger partial charge in [-0.15, -0.1) is 0 Å². The second-order valence-electron chi connectivity index (χ2n) is 6.69. The summed E-state index contributed by atoms with van der Waals surface area (Å²) in [7, 11) is 3.26. The highest BCUT2D eigenvalue weighted by molar-refractivity contribution is 6.39. The summed E-state index contributed by atoms with van der Waals surface area (Å²) in [5.41, 5.74) is 0. The molecule has 3 atom stereocenters. The third-order valence-corrected chi connectivity index (χ3v) is 4.66. The molecule has 1 fully saturated rings. The number of amides is 4. The number of nitrogens with one attached hydrogen (secondary N) is 3. The van der Waals surface area contributed by atoms with Gasteiger partial charge in [-0.2, -0.15) is 0 Å². The number of anilines is 1. The van der Waals surface area contributed by atoms with Crippen molar-refractivity contribution < 1.29 is 24.3 Å². The number of aromatic nitrogens is 1. The first kappa shape index (κ1) is 21.4. The van der Waals surface area contributed by atoms with Gasteiger partial charge < -0.3 is 26.0 Å². The summed E-state index contributed by atoms with van der Waals surface area (Å²) in [6.45, 7) is 0. The highest BCUT2D eigenvalue weighted by atomic mass is 35.5. The molecule has 1 saturated carbocycles. The van der Waals surface area contributed by atoms with E-state index in [1.54, 1.807) is 14.1 Å². The number of nitrogens with zero attached hydrogens (tertiary/aromatic N) is 2. The van der Waals surface area contributed by atoms with Crippen LogP contribution in [0.3, 0.4) is 0 Å². The predicted octanol–water partition coefficient (Wildman–Crippen LogP) is 0.683. The lowest BCUT2D eigenvalue weighted by Crippen LogP contribution is -2.57. The smallest absolute Gasteiger partial charge is 0.404 e. The van der Waals surface area contributed by atoms with Crippen molar-refractivity contribution in [1.82, 2.24) is 20.5 Å². The Labute approximate surface area is 166 Å². The van der Waals surface area contributed by atoms with Crippen LogP contribution >= 0.6 is 11.6 Å². The van der Waals surface area contributed by atoms with Gasteiger partial charge in [0, 0.05) is 32.3 Å². The van der Waals surface area contributed by atoms with E-state index in [0.717, 1.165) is 0 Å². The van der Waals surface area contributed by atoms with Crippen LogP contribution in [0.1, 0.15) is 19.3 Å². The second-order valence-corrected chi connectivity index (χ2v) is 7.13. The van der Waals surface area contributed by atoms with Crippen LogP contribution in [0.25, 0.3) is 0 Å². The average Bonchev–Trinajstić information content (AvgIpc) is 2.63. The minimum Gasteiger partial charge on any atom is -0.465 e. The largest absolute Gasteiger partial charge is 0.465 e. The van der Waals surface area contributed by atoms with Gasteiger partial charge in [-0.3, -0.25) is 14.4 Å². The van der Waals surface area contributed by atoms with E-state index < -0.39 is 30.0 Å². The first-order chi connectivity index (χ1) is 13.2. The van der Waals surface area contributed by atoms with Crippen molar-refractivity contribution in [2.45, 2.75) is 31.3 Å². The molecule has 1 aromatic heterocycles. The molecule has 152 valence electrons. The lowest BCUT2D eigenvalue weighted by Gasteiger charge is -2.36. The number of halogens is 1. The number of carbonyl (C=O) groups excluding carboxylic acids is 3. The number of hydrogen-bond donors (Lipinski definition) is 4. The lowest BCUT2D eigenvalue weighted by atomic mass is 9.81. The van der Waals surface area contributed by atoms with Gasteiger partial charge in [0.1, 0.15) is 5.82 Å². The van der Waals surface area contributed by atoms with Crippen LogP contribution in [-0.4, -0.2) is 65.0 Å².